The van der Waals surface area contributed by atoms with E-state index in [0.717, 1.165) is 6.42 Å². The summed E-state index contributed by atoms with van der Waals surface area (Å²) >= 11 is 5.76. The van der Waals surface area contributed by atoms with Crippen LogP contribution < -0.4 is 10.1 Å². The summed E-state index contributed by atoms with van der Waals surface area (Å²) in [6.45, 7) is 6.76. The second kappa shape index (κ2) is 8.86. The maximum Gasteiger partial charge on any atom is 0.410 e. The number of halogens is 2. The number of carbonyl (C=O) groups excluding carboxylic acids is 1. The highest BCUT2D eigenvalue weighted by molar-refractivity contribution is 6.30. The molecule has 1 aromatic heterocycles. The zero-order chi connectivity index (χ0) is 21.0. The lowest BCUT2D eigenvalue weighted by molar-refractivity contribution is 0.0293. The summed E-state index contributed by atoms with van der Waals surface area (Å²) in [7, 11) is 0. The van der Waals surface area contributed by atoms with Gasteiger partial charge in [0, 0.05) is 35.8 Å². The Balaban J connectivity index is 1.54. The van der Waals surface area contributed by atoms with Crippen molar-refractivity contribution in [3.63, 3.8) is 0 Å². The third-order valence-electron chi connectivity index (χ3n) is 4.31. The molecule has 0 saturated carbocycles. The second-order valence-electron chi connectivity index (χ2n) is 7.94. The highest BCUT2D eigenvalue weighted by Crippen LogP contribution is 2.21. The van der Waals surface area contributed by atoms with E-state index < -0.39 is 11.4 Å². The van der Waals surface area contributed by atoms with E-state index in [9.17, 15) is 9.18 Å². The Bertz CT molecular complexity index is 872. The SMILES string of the molecule is CC(C)(C)OC(=O)N1CC[C@@H](Nc2cccc(OCc3ccc(Cl)cc3F)n2)C1. The Labute approximate surface area is 175 Å². The molecule has 29 heavy (non-hydrogen) atoms. The summed E-state index contributed by atoms with van der Waals surface area (Å²) in [4.78, 5) is 18.3. The minimum atomic E-state index is -0.514. The molecule has 0 bridgehead atoms. The van der Waals surface area contributed by atoms with Crippen molar-refractivity contribution in [2.45, 2.75) is 45.4 Å². The molecule has 1 fully saturated rings. The highest BCUT2D eigenvalue weighted by atomic mass is 35.5. The molecule has 1 saturated heterocycles. The molecule has 156 valence electrons. The topological polar surface area (TPSA) is 63.7 Å². The predicted octanol–water partition coefficient (Wildman–Crippen LogP) is 4.87. The second-order valence-corrected chi connectivity index (χ2v) is 8.38. The van der Waals surface area contributed by atoms with Crippen molar-refractivity contribution in [2.24, 2.45) is 0 Å². The Morgan fingerprint density at radius 2 is 2.14 bits per heavy atom. The van der Waals surface area contributed by atoms with E-state index in [1.807, 2.05) is 32.9 Å². The third kappa shape index (κ3) is 6.22. The van der Waals surface area contributed by atoms with E-state index in [2.05, 4.69) is 10.3 Å². The average molecular weight is 422 g/mol. The molecular formula is C21H25ClFN3O3. The van der Waals surface area contributed by atoms with Gasteiger partial charge in [-0.15, -0.1) is 0 Å². The summed E-state index contributed by atoms with van der Waals surface area (Å²) < 4.78 is 24.9. The number of anilines is 1. The molecule has 0 spiro atoms. The fourth-order valence-corrected chi connectivity index (χ4v) is 3.10. The third-order valence-corrected chi connectivity index (χ3v) is 4.54. The minimum absolute atomic E-state index is 0.0509. The molecule has 0 unspecified atom stereocenters. The lowest BCUT2D eigenvalue weighted by Crippen LogP contribution is -2.36. The van der Waals surface area contributed by atoms with Gasteiger partial charge in [-0.1, -0.05) is 23.7 Å². The molecule has 2 aromatic rings. The largest absolute Gasteiger partial charge is 0.473 e. The number of nitrogens with one attached hydrogen (secondary N) is 1. The van der Waals surface area contributed by atoms with Crippen LogP contribution >= 0.6 is 11.6 Å². The first-order chi connectivity index (χ1) is 13.7. The number of aromatic nitrogens is 1. The Kier molecular flexibility index (Phi) is 6.47. The molecule has 6 nitrogen and oxygen atoms in total. The number of carbonyl (C=O) groups is 1. The van der Waals surface area contributed by atoms with Crippen molar-refractivity contribution in [3.05, 3.63) is 52.8 Å². The van der Waals surface area contributed by atoms with E-state index in [0.29, 0.717) is 35.4 Å². The molecule has 1 aromatic carbocycles. The number of pyridine rings is 1. The number of amides is 1. The van der Waals surface area contributed by atoms with Gasteiger partial charge in [0.05, 0.1) is 0 Å². The van der Waals surface area contributed by atoms with Gasteiger partial charge in [-0.05, 0) is 45.4 Å². The predicted molar refractivity (Wildman–Crippen MR) is 110 cm³/mol. The summed E-state index contributed by atoms with van der Waals surface area (Å²) in [6, 6.07) is 9.87. The summed E-state index contributed by atoms with van der Waals surface area (Å²) in [5.74, 6) is 0.599. The Hall–Kier alpha value is -2.54. The van der Waals surface area contributed by atoms with Gasteiger partial charge in [-0.25, -0.2) is 9.18 Å². The molecule has 1 aliphatic rings. The molecule has 8 heteroatoms. The monoisotopic (exact) mass is 421 g/mol. The molecule has 1 aliphatic heterocycles. The molecule has 0 radical (unpaired) electrons. The number of likely N-dealkylation sites (tertiary alicyclic amines) is 1. The van der Waals surface area contributed by atoms with Crippen LogP contribution in [0.5, 0.6) is 5.88 Å². The van der Waals surface area contributed by atoms with E-state index in [4.69, 9.17) is 21.1 Å². The minimum Gasteiger partial charge on any atom is -0.473 e. The molecule has 1 atom stereocenters. The van der Waals surface area contributed by atoms with Crippen LogP contribution in [0.1, 0.15) is 32.8 Å². The van der Waals surface area contributed by atoms with Gasteiger partial charge in [-0.2, -0.15) is 4.98 Å². The normalized spacial score (nSPS) is 16.6. The van der Waals surface area contributed by atoms with Crippen molar-refractivity contribution in [3.8, 4) is 5.88 Å². The lowest BCUT2D eigenvalue weighted by atomic mass is 10.2. The Morgan fingerprint density at radius 3 is 2.86 bits per heavy atom. The van der Waals surface area contributed by atoms with Crippen LogP contribution in [0.3, 0.4) is 0 Å². The van der Waals surface area contributed by atoms with Crippen LogP contribution in [0.15, 0.2) is 36.4 Å². The zero-order valence-electron chi connectivity index (χ0n) is 16.7. The number of benzene rings is 1. The van der Waals surface area contributed by atoms with Crippen LogP contribution in [0.2, 0.25) is 5.02 Å². The van der Waals surface area contributed by atoms with Gasteiger partial charge < -0.3 is 19.7 Å². The molecule has 1 amide bonds. The van der Waals surface area contributed by atoms with Gasteiger partial charge in [0.15, 0.2) is 0 Å². The first kappa shape index (κ1) is 21.2. The smallest absolute Gasteiger partial charge is 0.410 e. The Morgan fingerprint density at radius 1 is 1.34 bits per heavy atom. The van der Waals surface area contributed by atoms with E-state index in [1.54, 1.807) is 23.1 Å². The fraction of sp³-hybridized carbons (Fsp3) is 0.429. The summed E-state index contributed by atoms with van der Waals surface area (Å²) in [6.07, 6.45) is 0.485. The number of ether oxygens (including phenoxy) is 2. The molecule has 2 heterocycles. The van der Waals surface area contributed by atoms with Crippen LogP contribution in [0, 0.1) is 5.82 Å². The molecule has 3 rings (SSSR count). The van der Waals surface area contributed by atoms with Crippen molar-refractivity contribution in [1.82, 2.24) is 9.88 Å². The number of rotatable bonds is 5. The van der Waals surface area contributed by atoms with Crippen LogP contribution in [-0.2, 0) is 11.3 Å². The van der Waals surface area contributed by atoms with E-state index >= 15 is 0 Å². The number of hydrogen-bond donors (Lipinski definition) is 1. The van der Waals surface area contributed by atoms with Gasteiger partial charge in [-0.3, -0.25) is 0 Å². The van der Waals surface area contributed by atoms with Crippen molar-refractivity contribution in [1.29, 1.82) is 0 Å². The first-order valence-corrected chi connectivity index (χ1v) is 9.86. The summed E-state index contributed by atoms with van der Waals surface area (Å²) in [5.41, 5.74) is -0.113. The van der Waals surface area contributed by atoms with Crippen molar-refractivity contribution >= 4 is 23.5 Å². The summed E-state index contributed by atoms with van der Waals surface area (Å²) in [5, 5.41) is 3.65. The first-order valence-electron chi connectivity index (χ1n) is 9.48. The van der Waals surface area contributed by atoms with Crippen LogP contribution in [0.25, 0.3) is 0 Å². The number of nitrogens with zero attached hydrogens (tertiary/aromatic N) is 2. The van der Waals surface area contributed by atoms with Gasteiger partial charge in [0.1, 0.15) is 23.8 Å². The quantitative estimate of drug-likeness (QED) is 0.745. The maximum absolute atomic E-state index is 13.9. The fourth-order valence-electron chi connectivity index (χ4n) is 2.95. The zero-order valence-corrected chi connectivity index (χ0v) is 17.5. The van der Waals surface area contributed by atoms with Crippen LogP contribution in [0.4, 0.5) is 15.0 Å². The molecule has 0 aliphatic carbocycles. The van der Waals surface area contributed by atoms with Crippen LogP contribution in [-0.4, -0.2) is 40.7 Å². The maximum atomic E-state index is 13.9. The molecular weight excluding hydrogens is 397 g/mol. The lowest BCUT2D eigenvalue weighted by Gasteiger charge is -2.24. The van der Waals surface area contributed by atoms with E-state index in [-0.39, 0.29) is 18.7 Å². The van der Waals surface area contributed by atoms with Crippen molar-refractivity contribution < 1.29 is 18.7 Å². The molecule has 1 N–H and O–H groups in total. The number of hydrogen-bond acceptors (Lipinski definition) is 5. The average Bonchev–Trinajstić information content (AvgIpc) is 3.09. The van der Waals surface area contributed by atoms with Gasteiger partial charge in [0.2, 0.25) is 5.88 Å². The van der Waals surface area contributed by atoms with E-state index in [1.165, 1.54) is 6.07 Å². The standard InChI is InChI=1S/C21H25ClFN3O3/c1-21(2,3)29-20(27)26-10-9-16(12-26)24-18-5-4-6-19(25-18)28-13-14-7-8-15(22)11-17(14)23/h4-8,11,16H,9-10,12-13H2,1-3H3,(H,24,25)/t16-/m1/s1. The van der Waals surface area contributed by atoms with Crippen molar-refractivity contribution in [2.75, 3.05) is 18.4 Å². The van der Waals surface area contributed by atoms with Gasteiger partial charge >= 0.3 is 6.09 Å². The highest BCUT2D eigenvalue weighted by Gasteiger charge is 2.29. The van der Waals surface area contributed by atoms with Gasteiger partial charge in [0.25, 0.3) is 0 Å².